The second-order valence-electron chi connectivity index (χ2n) is 5.14. The van der Waals surface area contributed by atoms with Crippen LogP contribution in [0.4, 0.5) is 0 Å². The van der Waals surface area contributed by atoms with Crippen LogP contribution in [-0.4, -0.2) is 10.1 Å². The van der Waals surface area contributed by atoms with Gasteiger partial charge in [-0.3, -0.25) is 4.98 Å². The number of aryl methyl sites for hydroxylation is 1. The molecule has 105 valence electrons. The van der Waals surface area contributed by atoms with Gasteiger partial charge in [-0.15, -0.1) is 0 Å². The normalized spacial score (nSPS) is 11.0. The maximum absolute atomic E-state index is 10.1. The van der Waals surface area contributed by atoms with Gasteiger partial charge < -0.3 is 5.11 Å². The molecule has 2 aromatic carbocycles. The van der Waals surface area contributed by atoms with Crippen molar-refractivity contribution in [3.63, 3.8) is 0 Å². The van der Waals surface area contributed by atoms with Gasteiger partial charge in [-0.1, -0.05) is 41.9 Å². The predicted octanol–water partition coefficient (Wildman–Crippen LogP) is 4.68. The highest BCUT2D eigenvalue weighted by Gasteiger charge is 2.09. The van der Waals surface area contributed by atoms with E-state index in [-0.39, 0.29) is 5.75 Å². The first kappa shape index (κ1) is 13.9. The molecule has 0 spiro atoms. The van der Waals surface area contributed by atoms with Crippen molar-refractivity contribution in [1.82, 2.24) is 4.98 Å². The van der Waals surface area contributed by atoms with Crippen molar-refractivity contribution in [3.8, 4) is 5.75 Å². The minimum Gasteiger partial charge on any atom is -0.505 e. The number of pyridine rings is 1. The van der Waals surface area contributed by atoms with Crippen LogP contribution in [0.3, 0.4) is 0 Å². The van der Waals surface area contributed by atoms with E-state index in [1.54, 1.807) is 0 Å². The molecule has 0 amide bonds. The lowest BCUT2D eigenvalue weighted by atomic mass is 10.00. The Labute approximate surface area is 129 Å². The second-order valence-corrected chi connectivity index (χ2v) is 5.55. The van der Waals surface area contributed by atoms with E-state index >= 15 is 0 Å². The summed E-state index contributed by atoms with van der Waals surface area (Å²) in [5.41, 5.74) is 3.51. The van der Waals surface area contributed by atoms with Crippen molar-refractivity contribution in [2.75, 3.05) is 0 Å². The molecule has 21 heavy (non-hydrogen) atoms. The van der Waals surface area contributed by atoms with Gasteiger partial charge in [-0.05, 0) is 43.5 Å². The molecule has 0 fully saturated rings. The van der Waals surface area contributed by atoms with Crippen LogP contribution in [0.1, 0.15) is 22.5 Å². The molecule has 0 aliphatic rings. The third-order valence-electron chi connectivity index (χ3n) is 3.66. The van der Waals surface area contributed by atoms with E-state index in [0.29, 0.717) is 5.69 Å². The van der Waals surface area contributed by atoms with Gasteiger partial charge >= 0.3 is 0 Å². The van der Waals surface area contributed by atoms with Crippen molar-refractivity contribution in [3.05, 3.63) is 76.9 Å². The lowest BCUT2D eigenvalue weighted by molar-refractivity contribution is 0.476. The highest BCUT2D eigenvalue weighted by molar-refractivity contribution is 6.31. The maximum atomic E-state index is 10.1. The third-order valence-corrected chi connectivity index (χ3v) is 4.03. The number of hydrogen-bond donors (Lipinski definition) is 1. The summed E-state index contributed by atoms with van der Waals surface area (Å²) in [5.74, 6) is 0.153. The summed E-state index contributed by atoms with van der Waals surface area (Å²) in [6, 6.07) is 13.8. The molecule has 1 aromatic heterocycles. The van der Waals surface area contributed by atoms with Crippen LogP contribution in [0.25, 0.3) is 10.8 Å². The molecular formula is C18H15ClNO. The van der Waals surface area contributed by atoms with Gasteiger partial charge in [0.15, 0.2) is 0 Å². The first-order chi connectivity index (χ1) is 10.1. The van der Waals surface area contributed by atoms with Crippen LogP contribution < -0.4 is 0 Å². The summed E-state index contributed by atoms with van der Waals surface area (Å²) in [4.78, 5) is 4.28. The Morgan fingerprint density at radius 2 is 1.90 bits per heavy atom. The van der Waals surface area contributed by atoms with Gasteiger partial charge in [-0.25, -0.2) is 0 Å². The highest BCUT2D eigenvalue weighted by Crippen LogP contribution is 2.30. The van der Waals surface area contributed by atoms with Crippen LogP contribution in [0.2, 0.25) is 5.02 Å². The van der Waals surface area contributed by atoms with Crippen molar-refractivity contribution < 1.29 is 5.11 Å². The Kier molecular flexibility index (Phi) is 3.56. The monoisotopic (exact) mass is 296 g/mol. The van der Waals surface area contributed by atoms with Crippen LogP contribution in [0, 0.1) is 13.8 Å². The Bertz CT molecular complexity index is 827. The van der Waals surface area contributed by atoms with Crippen molar-refractivity contribution in [1.29, 1.82) is 0 Å². The van der Waals surface area contributed by atoms with Crippen LogP contribution in [0.5, 0.6) is 5.75 Å². The van der Waals surface area contributed by atoms with Gasteiger partial charge in [0.25, 0.3) is 0 Å². The molecule has 0 saturated carbocycles. The van der Waals surface area contributed by atoms with Gasteiger partial charge in [0.05, 0.1) is 5.69 Å². The number of rotatable bonds is 2. The fourth-order valence-corrected chi connectivity index (χ4v) is 2.74. The summed E-state index contributed by atoms with van der Waals surface area (Å²) < 4.78 is 0. The quantitative estimate of drug-likeness (QED) is 0.745. The summed E-state index contributed by atoms with van der Waals surface area (Å²) >= 11 is 6.21. The van der Waals surface area contributed by atoms with Gasteiger partial charge in [0.2, 0.25) is 0 Å². The summed E-state index contributed by atoms with van der Waals surface area (Å²) in [7, 11) is 0. The van der Waals surface area contributed by atoms with E-state index in [2.05, 4.69) is 18.0 Å². The molecule has 1 N–H and O–H groups in total. The predicted molar refractivity (Wildman–Crippen MR) is 86.9 cm³/mol. The molecule has 0 saturated heterocycles. The zero-order valence-electron chi connectivity index (χ0n) is 11.7. The maximum Gasteiger partial charge on any atom is 0.144 e. The third kappa shape index (κ3) is 2.59. The topological polar surface area (TPSA) is 33.1 Å². The molecule has 1 radical (unpaired) electrons. The van der Waals surface area contributed by atoms with Crippen molar-refractivity contribution in [2.24, 2.45) is 0 Å². The standard InChI is InChI=1S/C18H15ClNO/c1-11-16-10-13(9-14-5-3-4-6-17(14)19)7-8-15(16)18(21)12(2)20-11/h3-8,10,21H,2,9H2,1H3. The van der Waals surface area contributed by atoms with Gasteiger partial charge in [-0.2, -0.15) is 0 Å². The number of fused-ring (bicyclic) bond motifs is 1. The van der Waals surface area contributed by atoms with Crippen molar-refractivity contribution in [2.45, 2.75) is 13.3 Å². The lowest BCUT2D eigenvalue weighted by Gasteiger charge is -2.10. The fourth-order valence-electron chi connectivity index (χ4n) is 2.54. The highest BCUT2D eigenvalue weighted by atomic mass is 35.5. The molecule has 3 rings (SSSR count). The molecular weight excluding hydrogens is 282 g/mol. The lowest BCUT2D eigenvalue weighted by Crippen LogP contribution is -1.93. The zero-order chi connectivity index (χ0) is 15.0. The van der Waals surface area contributed by atoms with E-state index in [0.717, 1.165) is 39.0 Å². The Balaban J connectivity index is 2.08. The van der Waals surface area contributed by atoms with Crippen molar-refractivity contribution >= 4 is 22.4 Å². The van der Waals surface area contributed by atoms with Gasteiger partial charge in [0, 0.05) is 21.5 Å². The second kappa shape index (κ2) is 5.38. The Morgan fingerprint density at radius 1 is 1.14 bits per heavy atom. The average Bonchev–Trinajstić information content (AvgIpc) is 2.47. The Morgan fingerprint density at radius 3 is 2.67 bits per heavy atom. The molecule has 1 heterocycles. The molecule has 3 aromatic rings. The molecule has 0 atom stereocenters. The summed E-state index contributed by atoms with van der Waals surface area (Å²) in [6.45, 7) is 5.68. The number of hydrogen-bond acceptors (Lipinski definition) is 2. The van der Waals surface area contributed by atoms with E-state index in [1.807, 2.05) is 43.3 Å². The minimum absolute atomic E-state index is 0.153. The number of nitrogens with zero attached hydrogens (tertiary/aromatic N) is 1. The number of benzene rings is 2. The smallest absolute Gasteiger partial charge is 0.144 e. The number of halogens is 1. The van der Waals surface area contributed by atoms with Crippen LogP contribution in [0.15, 0.2) is 42.5 Å². The fraction of sp³-hybridized carbons (Fsp3) is 0.111. The van der Waals surface area contributed by atoms with Crippen LogP contribution >= 0.6 is 11.6 Å². The summed E-state index contributed by atoms with van der Waals surface area (Å²) in [5, 5.41) is 12.6. The zero-order valence-corrected chi connectivity index (χ0v) is 12.5. The molecule has 0 aliphatic carbocycles. The molecule has 0 unspecified atom stereocenters. The Hall–Kier alpha value is -2.06. The SMILES string of the molecule is [CH2]c1nc(C)c2cc(Cc3ccccc3Cl)ccc2c1O. The summed E-state index contributed by atoms with van der Waals surface area (Å²) in [6.07, 6.45) is 0.752. The van der Waals surface area contributed by atoms with E-state index in [1.165, 1.54) is 0 Å². The first-order valence-corrected chi connectivity index (χ1v) is 7.11. The number of aromatic hydroxyl groups is 1. The van der Waals surface area contributed by atoms with Crippen LogP contribution in [-0.2, 0) is 6.42 Å². The number of aromatic nitrogens is 1. The first-order valence-electron chi connectivity index (χ1n) is 6.74. The van der Waals surface area contributed by atoms with E-state index < -0.39 is 0 Å². The van der Waals surface area contributed by atoms with E-state index in [9.17, 15) is 5.11 Å². The minimum atomic E-state index is 0.153. The average molecular weight is 297 g/mol. The molecule has 0 aliphatic heterocycles. The van der Waals surface area contributed by atoms with Gasteiger partial charge in [0.1, 0.15) is 5.75 Å². The largest absolute Gasteiger partial charge is 0.505 e. The molecule has 3 heteroatoms. The molecule has 0 bridgehead atoms. The van der Waals surface area contributed by atoms with E-state index in [4.69, 9.17) is 11.6 Å². The molecule has 2 nitrogen and oxygen atoms in total.